The Kier molecular flexibility index (Phi) is 8.28. The van der Waals surface area contributed by atoms with E-state index in [-0.39, 0.29) is 11.4 Å². The summed E-state index contributed by atoms with van der Waals surface area (Å²) in [5.74, 6) is -3.54. The van der Waals surface area contributed by atoms with Crippen LogP contribution in [0, 0.1) is 12.8 Å². The molecule has 1 heterocycles. The zero-order valence-electron chi connectivity index (χ0n) is 23.1. The van der Waals surface area contributed by atoms with Crippen LogP contribution in [-0.4, -0.2) is 48.9 Å². The maximum absolute atomic E-state index is 13.9. The van der Waals surface area contributed by atoms with E-state index in [1.165, 1.54) is 24.3 Å². The molecule has 11 heteroatoms. The third-order valence-electron chi connectivity index (χ3n) is 6.87. The van der Waals surface area contributed by atoms with Crippen LogP contribution >= 0.6 is 0 Å². The average Bonchev–Trinajstić information content (AvgIpc) is 2.87. The Bertz CT molecular complexity index is 1470. The van der Waals surface area contributed by atoms with Crippen LogP contribution in [0.15, 0.2) is 83.8 Å². The van der Waals surface area contributed by atoms with E-state index in [1.807, 2.05) is 6.92 Å². The fraction of sp³-hybridized carbons (Fsp3) is 0.367. The summed E-state index contributed by atoms with van der Waals surface area (Å²) in [7, 11) is -4.17. The summed E-state index contributed by atoms with van der Waals surface area (Å²) in [6.45, 7) is 6.13. The second kappa shape index (κ2) is 11.1. The predicted molar refractivity (Wildman–Crippen MR) is 145 cm³/mol. The van der Waals surface area contributed by atoms with E-state index in [4.69, 9.17) is 4.74 Å². The molecule has 7 nitrogen and oxygen atoms in total. The monoisotopic (exact) mass is 591 g/mol. The van der Waals surface area contributed by atoms with Gasteiger partial charge in [0.25, 0.3) is 0 Å². The summed E-state index contributed by atoms with van der Waals surface area (Å²) in [6.07, 6.45) is -4.90. The molecule has 4 rings (SSSR count). The van der Waals surface area contributed by atoms with Gasteiger partial charge >= 0.3 is 12.3 Å². The maximum Gasteiger partial charge on any atom is 0.573 e. The van der Waals surface area contributed by atoms with Crippen molar-refractivity contribution in [2.75, 3.05) is 13.1 Å². The number of hydrogen-bond donors (Lipinski definition) is 1. The van der Waals surface area contributed by atoms with Crippen molar-refractivity contribution in [2.24, 2.45) is 5.92 Å². The zero-order chi connectivity index (χ0) is 30.2. The highest BCUT2D eigenvalue weighted by molar-refractivity contribution is 7.89. The highest BCUT2D eigenvalue weighted by atomic mass is 32.2. The maximum atomic E-state index is 13.9. The number of nitrogens with zero attached hydrogens (tertiary/aromatic N) is 1. The van der Waals surface area contributed by atoms with Crippen LogP contribution < -0.4 is 4.74 Å². The third kappa shape index (κ3) is 6.91. The lowest BCUT2D eigenvalue weighted by Gasteiger charge is -2.48. The lowest BCUT2D eigenvalue weighted by molar-refractivity contribution is -0.274. The summed E-state index contributed by atoms with van der Waals surface area (Å²) in [5, 5.41) is 12.4. The molecule has 0 aliphatic carbocycles. The molecule has 0 bridgehead atoms. The van der Waals surface area contributed by atoms with Crippen LogP contribution in [0.4, 0.5) is 13.2 Å². The van der Waals surface area contributed by atoms with E-state index < -0.39 is 57.7 Å². The number of piperidine rings is 1. The summed E-state index contributed by atoms with van der Waals surface area (Å²) in [4.78, 5) is 13.8. The zero-order valence-corrected chi connectivity index (χ0v) is 23.9. The van der Waals surface area contributed by atoms with Crippen molar-refractivity contribution in [3.8, 4) is 5.75 Å². The summed E-state index contributed by atoms with van der Waals surface area (Å²) in [6, 6.07) is 19.3. The number of carbonyl (C=O) groups is 1. The number of aryl methyl sites for hydroxylation is 1. The Morgan fingerprint density at radius 1 is 0.951 bits per heavy atom. The van der Waals surface area contributed by atoms with Crippen molar-refractivity contribution in [1.82, 2.24) is 4.31 Å². The number of benzene rings is 3. The highest BCUT2D eigenvalue weighted by Gasteiger charge is 2.56. The predicted octanol–water partition coefficient (Wildman–Crippen LogP) is 5.53. The molecular weight excluding hydrogens is 559 g/mol. The van der Waals surface area contributed by atoms with Crippen molar-refractivity contribution in [2.45, 2.75) is 56.1 Å². The van der Waals surface area contributed by atoms with Gasteiger partial charge in [-0.05, 0) is 63.1 Å². The van der Waals surface area contributed by atoms with E-state index in [0.717, 1.165) is 22.0 Å². The normalized spacial score (nSPS) is 22.2. The van der Waals surface area contributed by atoms with Crippen molar-refractivity contribution in [3.05, 3.63) is 95.6 Å². The summed E-state index contributed by atoms with van der Waals surface area (Å²) < 4.78 is 76.9. The average molecular weight is 592 g/mol. The van der Waals surface area contributed by atoms with Gasteiger partial charge in [0.1, 0.15) is 17.0 Å². The Labute approximate surface area is 237 Å². The van der Waals surface area contributed by atoms with Gasteiger partial charge in [-0.25, -0.2) is 8.42 Å². The van der Waals surface area contributed by atoms with Crippen molar-refractivity contribution in [1.29, 1.82) is 0 Å². The first-order valence-electron chi connectivity index (χ1n) is 12.9. The second-order valence-electron chi connectivity index (χ2n) is 11.1. The van der Waals surface area contributed by atoms with Crippen LogP contribution in [0.3, 0.4) is 0 Å². The number of aliphatic hydroxyl groups is 1. The van der Waals surface area contributed by atoms with Gasteiger partial charge in [0.2, 0.25) is 10.0 Å². The number of halogens is 3. The third-order valence-corrected chi connectivity index (χ3v) is 8.70. The lowest BCUT2D eigenvalue weighted by atomic mass is 9.69. The molecule has 220 valence electrons. The minimum Gasteiger partial charge on any atom is -0.460 e. The standard InChI is InChI=1S/C30H32F3NO6S/c1-20-10-16-24(17-11-20)41(37,38)34-18-25(21-12-14-23(15-13-21)39-30(31,32)33)26(27(35)40-28(2,3)4)29(36,19-34)22-8-6-5-7-9-22/h5-17,25-26,36H,18-19H2,1-4H3/t25-,26+,29+/m0/s1. The van der Waals surface area contributed by atoms with Crippen molar-refractivity contribution in [3.63, 3.8) is 0 Å². The summed E-state index contributed by atoms with van der Waals surface area (Å²) in [5.41, 5.74) is -1.51. The molecule has 1 saturated heterocycles. The Morgan fingerprint density at radius 2 is 1.54 bits per heavy atom. The second-order valence-corrected chi connectivity index (χ2v) is 13.1. The van der Waals surface area contributed by atoms with E-state index in [1.54, 1.807) is 63.2 Å². The molecule has 0 amide bonds. The molecule has 1 aliphatic rings. The number of rotatable bonds is 6. The van der Waals surface area contributed by atoms with Crippen LogP contribution in [0.5, 0.6) is 5.75 Å². The van der Waals surface area contributed by atoms with Crippen LogP contribution in [0.2, 0.25) is 0 Å². The van der Waals surface area contributed by atoms with E-state index in [9.17, 15) is 31.5 Å². The van der Waals surface area contributed by atoms with Gasteiger partial charge < -0.3 is 14.6 Å². The molecule has 1 aliphatic heterocycles. The topological polar surface area (TPSA) is 93.1 Å². The van der Waals surface area contributed by atoms with Gasteiger partial charge in [-0.15, -0.1) is 13.2 Å². The Hall–Kier alpha value is -3.41. The molecule has 0 spiro atoms. The van der Waals surface area contributed by atoms with Crippen LogP contribution in [-0.2, 0) is 25.2 Å². The van der Waals surface area contributed by atoms with E-state index in [0.29, 0.717) is 11.1 Å². The van der Waals surface area contributed by atoms with E-state index >= 15 is 0 Å². The summed E-state index contributed by atoms with van der Waals surface area (Å²) >= 11 is 0. The largest absolute Gasteiger partial charge is 0.573 e. The molecule has 3 aromatic carbocycles. The lowest BCUT2D eigenvalue weighted by Crippen LogP contribution is -2.59. The fourth-order valence-electron chi connectivity index (χ4n) is 5.07. The molecule has 1 fully saturated rings. The number of esters is 1. The molecular formula is C30H32F3NO6S. The Balaban J connectivity index is 1.88. The van der Waals surface area contributed by atoms with Gasteiger partial charge in [-0.1, -0.05) is 60.2 Å². The molecule has 3 atom stereocenters. The van der Waals surface area contributed by atoms with Crippen molar-refractivity contribution < 1.29 is 41.0 Å². The molecule has 41 heavy (non-hydrogen) atoms. The fourth-order valence-corrected chi connectivity index (χ4v) is 6.57. The first-order valence-corrected chi connectivity index (χ1v) is 14.4. The molecule has 0 radical (unpaired) electrons. The van der Waals surface area contributed by atoms with E-state index in [2.05, 4.69) is 4.74 Å². The first kappa shape index (κ1) is 30.5. The Morgan fingerprint density at radius 3 is 2.07 bits per heavy atom. The molecule has 0 unspecified atom stereocenters. The smallest absolute Gasteiger partial charge is 0.460 e. The number of sulfonamides is 1. The number of β-amino-alcohol motifs (C(OH)–C–C–N with tert-alkyl or cyclic N) is 1. The minimum absolute atomic E-state index is 0.00176. The van der Waals surface area contributed by atoms with Gasteiger partial charge in [-0.3, -0.25) is 4.79 Å². The molecule has 3 aromatic rings. The van der Waals surface area contributed by atoms with Crippen LogP contribution in [0.25, 0.3) is 0 Å². The van der Waals surface area contributed by atoms with Gasteiger partial charge in [0.05, 0.1) is 10.8 Å². The quantitative estimate of drug-likeness (QED) is 0.379. The SMILES string of the molecule is Cc1ccc(S(=O)(=O)N2C[C@@H](c3ccc(OC(F)(F)F)cc3)[C@H](C(=O)OC(C)(C)C)[C@](O)(c3ccccc3)C2)cc1. The first-order chi connectivity index (χ1) is 19.0. The molecule has 1 N–H and O–H groups in total. The molecule has 0 aromatic heterocycles. The number of alkyl halides is 3. The molecule has 0 saturated carbocycles. The van der Waals surface area contributed by atoms with Gasteiger partial charge in [-0.2, -0.15) is 4.31 Å². The van der Waals surface area contributed by atoms with Crippen molar-refractivity contribution >= 4 is 16.0 Å². The number of ether oxygens (including phenoxy) is 2. The number of hydrogen-bond acceptors (Lipinski definition) is 6. The van der Waals surface area contributed by atoms with Gasteiger partial charge in [0, 0.05) is 19.0 Å². The highest BCUT2D eigenvalue weighted by Crippen LogP contribution is 2.47. The van der Waals surface area contributed by atoms with Gasteiger partial charge in [0.15, 0.2) is 0 Å². The minimum atomic E-state index is -4.90. The van der Waals surface area contributed by atoms with Crippen LogP contribution in [0.1, 0.15) is 43.4 Å². The number of carbonyl (C=O) groups excluding carboxylic acids is 1.